The lowest BCUT2D eigenvalue weighted by Crippen LogP contribution is -2.24. The van der Waals surface area contributed by atoms with Crippen LogP contribution in [0.3, 0.4) is 0 Å². The number of hydrogen-bond acceptors (Lipinski definition) is 5. The van der Waals surface area contributed by atoms with E-state index in [0.29, 0.717) is 0 Å². The van der Waals surface area contributed by atoms with E-state index in [9.17, 15) is 0 Å². The van der Waals surface area contributed by atoms with E-state index in [2.05, 4.69) is 58.3 Å². The van der Waals surface area contributed by atoms with Crippen LogP contribution >= 0.6 is 39.0 Å². The molecule has 0 aliphatic carbocycles. The van der Waals surface area contributed by atoms with Crippen molar-refractivity contribution >= 4 is 39.0 Å². The van der Waals surface area contributed by atoms with Gasteiger partial charge in [-0.1, -0.05) is 32.5 Å². The maximum absolute atomic E-state index is 6.02. The summed E-state index contributed by atoms with van der Waals surface area (Å²) in [6.07, 6.45) is 0. The molecule has 0 amide bonds. The Hall–Kier alpha value is -0.530. The third kappa shape index (κ3) is 3.07. The Morgan fingerprint density at radius 3 is 2.67 bits per heavy atom. The highest BCUT2D eigenvalue weighted by Gasteiger charge is 2.22. The van der Waals surface area contributed by atoms with Crippen LogP contribution in [-0.2, 0) is 11.2 Å². The highest BCUT2D eigenvalue weighted by Crippen LogP contribution is 2.28. The highest BCUT2D eigenvalue weighted by molar-refractivity contribution is 9.11. The van der Waals surface area contributed by atoms with Crippen molar-refractivity contribution in [1.29, 1.82) is 0 Å². The first-order valence-electron chi connectivity index (χ1n) is 5.44. The molecule has 0 aliphatic rings. The molecular formula is C11H15BrN4S2. The Kier molecular flexibility index (Phi) is 4.03. The van der Waals surface area contributed by atoms with Gasteiger partial charge < -0.3 is 5.84 Å². The predicted molar refractivity (Wildman–Crippen MR) is 80.5 cm³/mol. The predicted octanol–water partition coefficient (Wildman–Crippen LogP) is 3.41. The molecule has 2 aromatic rings. The van der Waals surface area contributed by atoms with Gasteiger partial charge in [-0.15, -0.1) is 21.5 Å². The van der Waals surface area contributed by atoms with Crippen molar-refractivity contribution in [2.75, 3.05) is 5.84 Å². The second-order valence-corrected chi connectivity index (χ2v) is 8.21. The normalized spacial score (nSPS) is 12.0. The molecule has 0 atom stereocenters. The first-order chi connectivity index (χ1) is 8.38. The molecule has 4 nitrogen and oxygen atoms in total. The van der Waals surface area contributed by atoms with Gasteiger partial charge in [0.2, 0.25) is 5.16 Å². The summed E-state index contributed by atoms with van der Waals surface area (Å²) in [6, 6.07) is 2.11. The van der Waals surface area contributed by atoms with Crippen LogP contribution in [0.4, 0.5) is 0 Å². The van der Waals surface area contributed by atoms with Crippen molar-refractivity contribution in [3.8, 4) is 0 Å². The van der Waals surface area contributed by atoms with E-state index in [1.54, 1.807) is 27.8 Å². The zero-order valence-electron chi connectivity index (χ0n) is 10.5. The highest BCUT2D eigenvalue weighted by atomic mass is 79.9. The number of hydrogen-bond donors (Lipinski definition) is 1. The molecule has 0 aliphatic heterocycles. The van der Waals surface area contributed by atoms with Crippen molar-refractivity contribution in [2.45, 2.75) is 37.1 Å². The van der Waals surface area contributed by atoms with Gasteiger partial charge in [-0.05, 0) is 32.9 Å². The molecule has 0 saturated heterocycles. The molecule has 0 radical (unpaired) electrons. The minimum Gasteiger partial charge on any atom is -0.336 e. The number of thioether (sulfide) groups is 1. The Labute approximate surface area is 123 Å². The minimum absolute atomic E-state index is 0.0913. The van der Waals surface area contributed by atoms with Gasteiger partial charge in [0.15, 0.2) is 5.82 Å². The zero-order valence-corrected chi connectivity index (χ0v) is 13.7. The number of nitrogen functional groups attached to an aromatic ring is 1. The molecule has 0 saturated carbocycles. The number of rotatable bonds is 3. The summed E-state index contributed by atoms with van der Waals surface area (Å²) in [7, 11) is 0. The quantitative estimate of drug-likeness (QED) is 0.683. The molecule has 98 valence electrons. The standard InChI is InChI=1S/C11H15BrN4S2/c1-11(2,3)9-14-15-10(16(9)13)18-6-7-4-8(12)17-5-7/h4-5H,6,13H2,1-3H3. The monoisotopic (exact) mass is 346 g/mol. The van der Waals surface area contributed by atoms with E-state index in [-0.39, 0.29) is 5.41 Å². The van der Waals surface area contributed by atoms with Gasteiger partial charge in [0, 0.05) is 11.2 Å². The Balaban J connectivity index is 2.09. The topological polar surface area (TPSA) is 56.7 Å². The fourth-order valence-corrected chi connectivity index (χ4v) is 3.56. The van der Waals surface area contributed by atoms with Gasteiger partial charge in [-0.25, -0.2) is 4.68 Å². The molecule has 2 N–H and O–H groups in total. The summed E-state index contributed by atoms with van der Waals surface area (Å²) in [4.78, 5) is 0. The molecular weight excluding hydrogens is 332 g/mol. The molecule has 2 aromatic heterocycles. The second kappa shape index (κ2) is 5.22. The van der Waals surface area contributed by atoms with Crippen molar-refractivity contribution in [3.05, 3.63) is 26.6 Å². The largest absolute Gasteiger partial charge is 0.336 e. The van der Waals surface area contributed by atoms with Crippen LogP contribution in [0.1, 0.15) is 32.2 Å². The lowest BCUT2D eigenvalue weighted by molar-refractivity contribution is 0.523. The molecule has 18 heavy (non-hydrogen) atoms. The summed E-state index contributed by atoms with van der Waals surface area (Å²) in [6.45, 7) is 6.22. The van der Waals surface area contributed by atoms with Crippen LogP contribution in [0, 0.1) is 0 Å². The van der Waals surface area contributed by atoms with Crippen LogP contribution in [0.15, 0.2) is 20.4 Å². The van der Waals surface area contributed by atoms with Crippen LogP contribution in [0.5, 0.6) is 0 Å². The molecule has 0 fully saturated rings. The van der Waals surface area contributed by atoms with Gasteiger partial charge in [0.05, 0.1) is 3.79 Å². The van der Waals surface area contributed by atoms with Crippen molar-refractivity contribution < 1.29 is 0 Å². The minimum atomic E-state index is -0.0913. The number of nitrogens with zero attached hydrogens (tertiary/aromatic N) is 3. The maximum Gasteiger partial charge on any atom is 0.210 e. The third-order valence-corrected chi connectivity index (χ3v) is 4.89. The van der Waals surface area contributed by atoms with Gasteiger partial charge in [-0.3, -0.25) is 0 Å². The Morgan fingerprint density at radius 2 is 2.17 bits per heavy atom. The van der Waals surface area contributed by atoms with E-state index in [1.165, 1.54) is 5.56 Å². The number of thiophene rings is 1. The van der Waals surface area contributed by atoms with Crippen LogP contribution in [0.25, 0.3) is 0 Å². The fraction of sp³-hybridized carbons (Fsp3) is 0.455. The van der Waals surface area contributed by atoms with Crippen molar-refractivity contribution in [1.82, 2.24) is 14.9 Å². The summed E-state index contributed by atoms with van der Waals surface area (Å²) in [5.41, 5.74) is 1.17. The lowest BCUT2D eigenvalue weighted by Gasteiger charge is -2.16. The van der Waals surface area contributed by atoms with Gasteiger partial charge in [-0.2, -0.15) is 0 Å². The lowest BCUT2D eigenvalue weighted by atomic mass is 9.96. The van der Waals surface area contributed by atoms with Crippen molar-refractivity contribution in [3.63, 3.8) is 0 Å². The van der Waals surface area contributed by atoms with E-state index < -0.39 is 0 Å². The molecule has 0 bridgehead atoms. The first-order valence-corrected chi connectivity index (χ1v) is 8.10. The van der Waals surface area contributed by atoms with Gasteiger partial charge in [0.25, 0.3) is 0 Å². The Bertz CT molecular complexity index is 541. The molecule has 7 heteroatoms. The number of aromatic nitrogens is 3. The smallest absolute Gasteiger partial charge is 0.210 e. The average Bonchev–Trinajstić information content (AvgIpc) is 2.81. The number of nitrogens with two attached hydrogens (primary N) is 1. The fourth-order valence-electron chi connectivity index (χ4n) is 1.46. The maximum atomic E-state index is 6.02. The summed E-state index contributed by atoms with van der Waals surface area (Å²) >= 11 is 6.74. The SMILES string of the molecule is CC(C)(C)c1nnc(SCc2csc(Br)c2)n1N. The van der Waals surface area contributed by atoms with Crippen LogP contribution in [-0.4, -0.2) is 14.9 Å². The Morgan fingerprint density at radius 1 is 1.44 bits per heavy atom. The molecule has 0 unspecified atom stereocenters. The second-order valence-electron chi connectivity index (χ2n) is 4.97. The van der Waals surface area contributed by atoms with E-state index in [4.69, 9.17) is 5.84 Å². The molecule has 2 heterocycles. The first kappa shape index (κ1) is 13.9. The third-order valence-electron chi connectivity index (χ3n) is 2.33. The average molecular weight is 347 g/mol. The van der Waals surface area contributed by atoms with Crippen molar-refractivity contribution in [2.24, 2.45) is 0 Å². The molecule has 2 rings (SSSR count). The summed E-state index contributed by atoms with van der Waals surface area (Å²) < 4.78 is 2.73. The van der Waals surface area contributed by atoms with E-state index in [1.807, 2.05) is 0 Å². The van der Waals surface area contributed by atoms with Crippen LogP contribution < -0.4 is 5.84 Å². The zero-order chi connectivity index (χ0) is 13.3. The number of halogens is 1. The van der Waals surface area contributed by atoms with E-state index in [0.717, 1.165) is 20.5 Å². The summed E-state index contributed by atoms with van der Waals surface area (Å²) in [5, 5.41) is 11.2. The molecule has 0 spiro atoms. The van der Waals surface area contributed by atoms with Crippen LogP contribution in [0.2, 0.25) is 0 Å². The summed E-state index contributed by atoms with van der Waals surface area (Å²) in [5.74, 6) is 7.67. The van der Waals surface area contributed by atoms with E-state index >= 15 is 0 Å². The van der Waals surface area contributed by atoms with Gasteiger partial charge >= 0.3 is 0 Å². The van der Waals surface area contributed by atoms with Gasteiger partial charge in [0.1, 0.15) is 0 Å². The molecule has 0 aromatic carbocycles.